The summed E-state index contributed by atoms with van der Waals surface area (Å²) >= 11 is 0. The maximum Gasteiger partial charge on any atom is 0.449 e. The SMILES string of the molecule is Cn1c(C(F)(F)F)nc2c3oc(C4CCNC4)cc(=O)c3cc(F)c21. The van der Waals surface area contributed by atoms with Crippen LogP contribution in [0.1, 0.15) is 23.9 Å². The van der Waals surface area contributed by atoms with Crippen LogP contribution in [-0.2, 0) is 13.2 Å². The number of fused-ring (bicyclic) bond motifs is 3. The first-order valence-corrected chi connectivity index (χ1v) is 7.68. The number of aryl methyl sites for hydroxylation is 1. The summed E-state index contributed by atoms with van der Waals surface area (Å²) in [4.78, 5) is 15.9. The average Bonchev–Trinajstić information content (AvgIpc) is 3.16. The Bertz CT molecular complexity index is 1050. The van der Waals surface area contributed by atoms with Gasteiger partial charge in [0, 0.05) is 25.6 Å². The Morgan fingerprint density at radius 1 is 1.36 bits per heavy atom. The van der Waals surface area contributed by atoms with Crippen molar-refractivity contribution < 1.29 is 22.0 Å². The molecule has 3 heterocycles. The average molecular weight is 355 g/mol. The molecule has 1 atom stereocenters. The van der Waals surface area contributed by atoms with Gasteiger partial charge in [-0.05, 0) is 19.0 Å². The van der Waals surface area contributed by atoms with Gasteiger partial charge in [-0.3, -0.25) is 4.79 Å². The van der Waals surface area contributed by atoms with Crippen LogP contribution in [-0.4, -0.2) is 22.6 Å². The van der Waals surface area contributed by atoms with E-state index in [4.69, 9.17) is 4.42 Å². The van der Waals surface area contributed by atoms with E-state index in [1.165, 1.54) is 6.07 Å². The van der Waals surface area contributed by atoms with Crippen LogP contribution in [0.4, 0.5) is 17.6 Å². The standard InChI is InChI=1S/C16H13F4N3O2/c1-23-13-9(17)4-8-10(24)5-11(7-2-3-21-6-7)25-14(8)12(13)22-15(23)16(18,19)20/h4-5,7,21H,2-3,6H2,1H3. The summed E-state index contributed by atoms with van der Waals surface area (Å²) in [5, 5.41) is 3.01. The molecule has 4 rings (SSSR count). The third-order valence-electron chi connectivity index (χ3n) is 4.53. The molecule has 1 unspecified atom stereocenters. The lowest BCUT2D eigenvalue weighted by Gasteiger charge is -2.09. The second-order valence-corrected chi connectivity index (χ2v) is 6.13. The highest BCUT2D eigenvalue weighted by atomic mass is 19.4. The molecule has 0 radical (unpaired) electrons. The molecule has 5 nitrogen and oxygen atoms in total. The molecule has 0 bridgehead atoms. The summed E-state index contributed by atoms with van der Waals surface area (Å²) in [5.74, 6) is -1.88. The smallest absolute Gasteiger partial charge is 0.449 e. The molecular weight excluding hydrogens is 342 g/mol. The summed E-state index contributed by atoms with van der Waals surface area (Å²) < 4.78 is 60.0. The minimum Gasteiger partial charge on any atom is -0.458 e. The summed E-state index contributed by atoms with van der Waals surface area (Å²) in [5.41, 5.74) is -1.25. The number of benzene rings is 1. The summed E-state index contributed by atoms with van der Waals surface area (Å²) in [6, 6.07) is 2.18. The molecule has 1 aliphatic rings. The van der Waals surface area contributed by atoms with E-state index < -0.39 is 23.2 Å². The van der Waals surface area contributed by atoms with Crippen molar-refractivity contribution in [1.29, 1.82) is 0 Å². The molecule has 1 aliphatic heterocycles. The molecule has 0 saturated carbocycles. The second-order valence-electron chi connectivity index (χ2n) is 6.13. The third-order valence-corrected chi connectivity index (χ3v) is 4.53. The Hall–Kier alpha value is -2.42. The molecule has 0 spiro atoms. The predicted octanol–water partition coefficient (Wildman–Crippen LogP) is 2.91. The number of alkyl halides is 3. The van der Waals surface area contributed by atoms with Gasteiger partial charge in [-0.15, -0.1) is 0 Å². The van der Waals surface area contributed by atoms with Crippen LogP contribution in [0.2, 0.25) is 0 Å². The van der Waals surface area contributed by atoms with Gasteiger partial charge < -0.3 is 14.3 Å². The molecular formula is C16H13F4N3O2. The fraction of sp³-hybridized carbons (Fsp3) is 0.375. The Labute approximate surface area is 138 Å². The van der Waals surface area contributed by atoms with Crippen LogP contribution in [0, 0.1) is 5.82 Å². The Morgan fingerprint density at radius 3 is 2.76 bits per heavy atom. The number of hydrogen-bond acceptors (Lipinski definition) is 4. The van der Waals surface area contributed by atoms with Crippen molar-refractivity contribution in [2.45, 2.75) is 18.5 Å². The zero-order valence-electron chi connectivity index (χ0n) is 13.1. The molecule has 132 valence electrons. The molecule has 1 fully saturated rings. The first-order valence-electron chi connectivity index (χ1n) is 7.68. The lowest BCUT2D eigenvalue weighted by Crippen LogP contribution is -2.12. The number of rotatable bonds is 1. The quantitative estimate of drug-likeness (QED) is 0.682. The number of nitrogens with zero attached hydrogens (tertiary/aromatic N) is 2. The van der Waals surface area contributed by atoms with E-state index in [2.05, 4.69) is 10.3 Å². The van der Waals surface area contributed by atoms with Crippen LogP contribution in [0.5, 0.6) is 0 Å². The van der Waals surface area contributed by atoms with Gasteiger partial charge in [0.25, 0.3) is 0 Å². The van der Waals surface area contributed by atoms with Gasteiger partial charge in [-0.1, -0.05) is 0 Å². The van der Waals surface area contributed by atoms with E-state index in [1.54, 1.807) is 0 Å². The molecule has 9 heteroatoms. The van der Waals surface area contributed by atoms with E-state index in [-0.39, 0.29) is 27.9 Å². The number of aromatic nitrogens is 2. The molecule has 1 aromatic carbocycles. The van der Waals surface area contributed by atoms with Gasteiger partial charge in [-0.2, -0.15) is 13.2 Å². The van der Waals surface area contributed by atoms with Crippen LogP contribution < -0.4 is 10.7 Å². The van der Waals surface area contributed by atoms with Crippen LogP contribution in [0.25, 0.3) is 22.0 Å². The van der Waals surface area contributed by atoms with E-state index in [9.17, 15) is 22.4 Å². The fourth-order valence-electron chi connectivity index (χ4n) is 3.31. The molecule has 1 saturated heterocycles. The summed E-state index contributed by atoms with van der Waals surface area (Å²) in [6.45, 7) is 1.36. The lowest BCUT2D eigenvalue weighted by atomic mass is 10.0. The fourth-order valence-corrected chi connectivity index (χ4v) is 3.31. The number of nitrogens with one attached hydrogen (secondary N) is 1. The van der Waals surface area contributed by atoms with Crippen molar-refractivity contribution >= 4 is 22.0 Å². The van der Waals surface area contributed by atoms with Crippen molar-refractivity contribution in [2.75, 3.05) is 13.1 Å². The van der Waals surface area contributed by atoms with Gasteiger partial charge >= 0.3 is 6.18 Å². The van der Waals surface area contributed by atoms with Crippen molar-refractivity contribution in [3.8, 4) is 0 Å². The normalized spacial score (nSPS) is 18.5. The Kier molecular flexibility index (Phi) is 3.40. The largest absolute Gasteiger partial charge is 0.458 e. The van der Waals surface area contributed by atoms with Gasteiger partial charge in [-0.25, -0.2) is 9.37 Å². The van der Waals surface area contributed by atoms with E-state index in [0.717, 1.165) is 26.1 Å². The minimum absolute atomic E-state index is 0.0528. The third kappa shape index (κ3) is 2.41. The van der Waals surface area contributed by atoms with Crippen LogP contribution in [0.3, 0.4) is 0 Å². The maximum atomic E-state index is 14.3. The summed E-state index contributed by atoms with van der Waals surface area (Å²) in [6.07, 6.45) is -4.01. The number of halogens is 4. The Morgan fingerprint density at radius 2 is 2.12 bits per heavy atom. The van der Waals surface area contributed by atoms with E-state index >= 15 is 0 Å². The van der Waals surface area contributed by atoms with Crippen LogP contribution >= 0.6 is 0 Å². The first-order chi connectivity index (χ1) is 11.8. The van der Waals surface area contributed by atoms with Gasteiger partial charge in [0.1, 0.15) is 22.6 Å². The zero-order valence-corrected chi connectivity index (χ0v) is 13.1. The molecule has 2 aromatic heterocycles. The van der Waals surface area contributed by atoms with Gasteiger partial charge in [0.15, 0.2) is 11.0 Å². The van der Waals surface area contributed by atoms with Crippen molar-refractivity contribution in [1.82, 2.24) is 14.9 Å². The predicted molar refractivity (Wildman–Crippen MR) is 81.9 cm³/mol. The molecule has 1 N–H and O–H groups in total. The maximum absolute atomic E-state index is 14.3. The highest BCUT2D eigenvalue weighted by molar-refractivity contribution is 6.00. The highest BCUT2D eigenvalue weighted by Crippen LogP contribution is 2.35. The minimum atomic E-state index is -4.75. The topological polar surface area (TPSA) is 60.1 Å². The van der Waals surface area contributed by atoms with E-state index in [1.807, 2.05) is 0 Å². The Balaban J connectivity index is 2.09. The number of imidazole rings is 1. The van der Waals surface area contributed by atoms with Crippen molar-refractivity contribution in [3.63, 3.8) is 0 Å². The molecule has 25 heavy (non-hydrogen) atoms. The highest BCUT2D eigenvalue weighted by Gasteiger charge is 2.38. The monoisotopic (exact) mass is 355 g/mol. The zero-order chi connectivity index (χ0) is 17.9. The van der Waals surface area contributed by atoms with Crippen molar-refractivity contribution in [2.24, 2.45) is 7.05 Å². The van der Waals surface area contributed by atoms with Gasteiger partial charge in [0.05, 0.1) is 5.39 Å². The van der Waals surface area contributed by atoms with Gasteiger partial charge in [0.2, 0.25) is 5.82 Å². The molecule has 0 amide bonds. The van der Waals surface area contributed by atoms with Crippen molar-refractivity contribution in [3.05, 3.63) is 39.8 Å². The summed E-state index contributed by atoms with van der Waals surface area (Å²) in [7, 11) is 1.08. The first kappa shape index (κ1) is 16.1. The molecule has 0 aliphatic carbocycles. The van der Waals surface area contributed by atoms with Crippen LogP contribution in [0.15, 0.2) is 21.3 Å². The number of hydrogen-bond donors (Lipinski definition) is 1. The second kappa shape index (κ2) is 5.29. The molecule has 3 aromatic rings. The lowest BCUT2D eigenvalue weighted by molar-refractivity contribution is -0.146. The van der Waals surface area contributed by atoms with E-state index in [0.29, 0.717) is 16.9 Å².